The fourth-order valence-corrected chi connectivity index (χ4v) is 3.80. The molecule has 0 saturated carbocycles. The first kappa shape index (κ1) is 14.5. The van der Waals surface area contributed by atoms with Gasteiger partial charge in [-0.2, -0.15) is 9.61 Å². The molecular formula is C14H16BrN5S. The maximum absolute atomic E-state index is 4.57. The van der Waals surface area contributed by atoms with Crippen LogP contribution >= 0.6 is 27.3 Å². The lowest BCUT2D eigenvalue weighted by Gasteiger charge is -2.22. The maximum atomic E-state index is 4.57. The van der Waals surface area contributed by atoms with Gasteiger partial charge in [0, 0.05) is 23.1 Å². The van der Waals surface area contributed by atoms with E-state index in [1.807, 2.05) is 6.92 Å². The minimum atomic E-state index is 0.811. The number of hydrogen-bond donors (Lipinski definition) is 0. The van der Waals surface area contributed by atoms with Gasteiger partial charge in [0.2, 0.25) is 4.96 Å². The summed E-state index contributed by atoms with van der Waals surface area (Å²) in [5.41, 5.74) is 2.30. The number of aromatic nitrogens is 4. The van der Waals surface area contributed by atoms with Crippen LogP contribution in [0.5, 0.6) is 0 Å². The van der Waals surface area contributed by atoms with Crippen molar-refractivity contribution in [2.75, 3.05) is 18.0 Å². The molecule has 0 N–H and O–H groups in total. The van der Waals surface area contributed by atoms with E-state index in [0.29, 0.717) is 0 Å². The summed E-state index contributed by atoms with van der Waals surface area (Å²) in [6.07, 6.45) is 0. The van der Waals surface area contributed by atoms with Gasteiger partial charge in [-0.15, -0.1) is 10.2 Å². The minimum Gasteiger partial charge on any atom is -0.371 e. The molecule has 3 aromatic rings. The van der Waals surface area contributed by atoms with Crippen molar-refractivity contribution in [2.45, 2.75) is 20.8 Å². The summed E-state index contributed by atoms with van der Waals surface area (Å²) in [5.74, 6) is 0.811. The summed E-state index contributed by atoms with van der Waals surface area (Å²) in [4.78, 5) is 3.14. The van der Waals surface area contributed by atoms with Gasteiger partial charge in [-0.25, -0.2) is 0 Å². The largest absolute Gasteiger partial charge is 0.371 e. The Morgan fingerprint density at radius 3 is 2.62 bits per heavy atom. The van der Waals surface area contributed by atoms with Crippen LogP contribution in [0, 0.1) is 6.92 Å². The first-order valence-electron chi connectivity index (χ1n) is 6.87. The highest BCUT2D eigenvalue weighted by molar-refractivity contribution is 9.10. The molecule has 0 spiro atoms. The fraction of sp³-hybridized carbons (Fsp3) is 0.357. The van der Waals surface area contributed by atoms with Crippen LogP contribution < -0.4 is 4.90 Å². The van der Waals surface area contributed by atoms with E-state index >= 15 is 0 Å². The number of hydrogen-bond acceptors (Lipinski definition) is 5. The molecule has 0 aliphatic carbocycles. The van der Waals surface area contributed by atoms with E-state index in [0.717, 1.165) is 38.9 Å². The Balaban J connectivity index is 2.01. The SMILES string of the molecule is CCN(CC)c1ccc(-c2nn3c(C)nnc3s2)cc1Br. The zero-order valence-corrected chi connectivity index (χ0v) is 14.6. The molecule has 2 aromatic heterocycles. The second-order valence-corrected chi connectivity index (χ2v) is 6.50. The molecule has 21 heavy (non-hydrogen) atoms. The second-order valence-electron chi connectivity index (χ2n) is 4.69. The topological polar surface area (TPSA) is 46.3 Å². The van der Waals surface area contributed by atoms with E-state index < -0.39 is 0 Å². The van der Waals surface area contributed by atoms with E-state index in [9.17, 15) is 0 Å². The molecule has 7 heteroatoms. The molecule has 0 amide bonds. The van der Waals surface area contributed by atoms with Crippen molar-refractivity contribution in [3.63, 3.8) is 0 Å². The van der Waals surface area contributed by atoms with Gasteiger partial charge in [0.1, 0.15) is 5.01 Å². The van der Waals surface area contributed by atoms with Crippen molar-refractivity contribution in [1.29, 1.82) is 0 Å². The summed E-state index contributed by atoms with van der Waals surface area (Å²) in [7, 11) is 0. The van der Waals surface area contributed by atoms with Gasteiger partial charge in [0.25, 0.3) is 0 Å². The number of aryl methyl sites for hydroxylation is 1. The molecule has 0 radical (unpaired) electrons. The lowest BCUT2D eigenvalue weighted by atomic mass is 10.2. The van der Waals surface area contributed by atoms with E-state index in [2.05, 4.69) is 68.2 Å². The number of nitrogens with zero attached hydrogens (tertiary/aromatic N) is 5. The molecule has 0 aliphatic rings. The van der Waals surface area contributed by atoms with Gasteiger partial charge in [-0.1, -0.05) is 11.3 Å². The first-order chi connectivity index (χ1) is 10.1. The summed E-state index contributed by atoms with van der Waals surface area (Å²) >= 11 is 5.23. The minimum absolute atomic E-state index is 0.811. The van der Waals surface area contributed by atoms with Crippen molar-refractivity contribution in [2.24, 2.45) is 0 Å². The van der Waals surface area contributed by atoms with Crippen LogP contribution in [-0.2, 0) is 0 Å². The molecule has 0 atom stereocenters. The summed E-state index contributed by atoms with van der Waals surface area (Å²) in [6, 6.07) is 6.37. The molecule has 3 rings (SSSR count). The highest BCUT2D eigenvalue weighted by Crippen LogP contribution is 2.33. The van der Waals surface area contributed by atoms with E-state index in [1.165, 1.54) is 5.69 Å². The normalized spacial score (nSPS) is 11.2. The van der Waals surface area contributed by atoms with Gasteiger partial charge in [-0.3, -0.25) is 0 Å². The molecule has 5 nitrogen and oxygen atoms in total. The Labute approximate surface area is 135 Å². The summed E-state index contributed by atoms with van der Waals surface area (Å²) < 4.78 is 2.87. The zero-order chi connectivity index (χ0) is 15.0. The van der Waals surface area contributed by atoms with Crippen LogP contribution in [0.2, 0.25) is 0 Å². The third-order valence-electron chi connectivity index (χ3n) is 3.45. The second kappa shape index (κ2) is 5.73. The average Bonchev–Trinajstić information content (AvgIpc) is 3.04. The maximum Gasteiger partial charge on any atom is 0.234 e. The standard InChI is InChI=1S/C14H16BrN5S/c1-4-19(5-2)12-7-6-10(8-11(12)15)13-18-20-9(3)16-17-14(20)21-13/h6-8H,4-5H2,1-3H3. The van der Waals surface area contributed by atoms with Gasteiger partial charge < -0.3 is 4.90 Å². The number of anilines is 1. The molecular weight excluding hydrogens is 350 g/mol. The van der Waals surface area contributed by atoms with Crippen molar-refractivity contribution in [1.82, 2.24) is 19.8 Å². The Kier molecular flexibility index (Phi) is 3.95. The number of benzene rings is 1. The molecule has 0 unspecified atom stereocenters. The molecule has 0 fully saturated rings. The van der Waals surface area contributed by atoms with Crippen molar-refractivity contribution >= 4 is 37.9 Å². The van der Waals surface area contributed by atoms with Crippen LogP contribution in [0.1, 0.15) is 19.7 Å². The lowest BCUT2D eigenvalue weighted by Crippen LogP contribution is -2.22. The Bertz CT molecular complexity index is 775. The Morgan fingerprint density at radius 1 is 1.24 bits per heavy atom. The lowest BCUT2D eigenvalue weighted by molar-refractivity contribution is 0.863. The monoisotopic (exact) mass is 365 g/mol. The van der Waals surface area contributed by atoms with Gasteiger partial charge in [-0.05, 0) is 54.9 Å². The van der Waals surface area contributed by atoms with Crippen LogP contribution in [0.25, 0.3) is 15.5 Å². The van der Waals surface area contributed by atoms with Crippen LogP contribution in [0.3, 0.4) is 0 Å². The van der Waals surface area contributed by atoms with Crippen LogP contribution in [-0.4, -0.2) is 32.9 Å². The van der Waals surface area contributed by atoms with Crippen LogP contribution in [0.4, 0.5) is 5.69 Å². The highest BCUT2D eigenvalue weighted by Gasteiger charge is 2.13. The number of halogens is 1. The van der Waals surface area contributed by atoms with Crippen molar-refractivity contribution < 1.29 is 0 Å². The number of fused-ring (bicyclic) bond motifs is 1. The predicted molar refractivity (Wildman–Crippen MR) is 90.1 cm³/mol. The quantitative estimate of drug-likeness (QED) is 0.705. The van der Waals surface area contributed by atoms with Crippen molar-refractivity contribution in [3.8, 4) is 10.6 Å². The van der Waals surface area contributed by atoms with E-state index in [4.69, 9.17) is 0 Å². The van der Waals surface area contributed by atoms with Gasteiger partial charge in [0.05, 0.1) is 5.69 Å². The molecule has 0 bridgehead atoms. The van der Waals surface area contributed by atoms with Crippen molar-refractivity contribution in [3.05, 3.63) is 28.5 Å². The third kappa shape index (κ3) is 2.55. The summed E-state index contributed by atoms with van der Waals surface area (Å²) in [6.45, 7) is 8.21. The molecule has 110 valence electrons. The average molecular weight is 366 g/mol. The predicted octanol–water partition coefficient (Wildman–Crippen LogP) is 3.77. The first-order valence-corrected chi connectivity index (χ1v) is 8.48. The Hall–Kier alpha value is -1.47. The fourth-order valence-electron chi connectivity index (χ4n) is 2.29. The Morgan fingerprint density at radius 2 is 2.00 bits per heavy atom. The summed E-state index contributed by atoms with van der Waals surface area (Å²) in [5, 5.41) is 13.6. The van der Waals surface area contributed by atoms with E-state index in [1.54, 1.807) is 15.9 Å². The third-order valence-corrected chi connectivity index (χ3v) is 5.03. The van der Waals surface area contributed by atoms with Gasteiger partial charge >= 0.3 is 0 Å². The molecule has 0 aliphatic heterocycles. The smallest absolute Gasteiger partial charge is 0.234 e. The molecule has 1 aromatic carbocycles. The van der Waals surface area contributed by atoms with Crippen LogP contribution in [0.15, 0.2) is 22.7 Å². The van der Waals surface area contributed by atoms with Gasteiger partial charge in [0.15, 0.2) is 5.82 Å². The molecule has 0 saturated heterocycles. The molecule has 2 heterocycles. The highest BCUT2D eigenvalue weighted by atomic mass is 79.9. The number of rotatable bonds is 4. The van der Waals surface area contributed by atoms with E-state index in [-0.39, 0.29) is 0 Å². The zero-order valence-electron chi connectivity index (χ0n) is 12.2.